The second-order valence-corrected chi connectivity index (χ2v) is 9.76. The molecule has 2 heterocycles. The maximum atomic E-state index is 12.7. The first-order valence-electron chi connectivity index (χ1n) is 10.9. The number of rotatable bonds is 8. The number of aromatic nitrogens is 1. The highest BCUT2D eigenvalue weighted by molar-refractivity contribution is 7.97. The lowest BCUT2D eigenvalue weighted by atomic mass is 9.77. The van der Waals surface area contributed by atoms with Crippen LogP contribution >= 0.6 is 11.9 Å². The number of hydrogen-bond donors (Lipinski definition) is 0. The Balaban J connectivity index is 1.87. The molecule has 0 amide bonds. The summed E-state index contributed by atoms with van der Waals surface area (Å²) in [7, 11) is 0. The van der Waals surface area contributed by atoms with Crippen molar-refractivity contribution < 1.29 is 9.53 Å². The molecule has 31 heavy (non-hydrogen) atoms. The molecule has 3 rings (SSSR count). The summed E-state index contributed by atoms with van der Waals surface area (Å²) in [6.07, 6.45) is 11.6. The monoisotopic (exact) mass is 436 g/mol. The molecule has 1 aromatic heterocycles. The van der Waals surface area contributed by atoms with Crippen LogP contribution < -0.4 is 0 Å². The highest BCUT2D eigenvalue weighted by atomic mass is 32.2. The number of aryl methyl sites for hydroxylation is 2. The van der Waals surface area contributed by atoms with Crippen molar-refractivity contribution in [3.8, 4) is 12.3 Å². The lowest BCUT2D eigenvalue weighted by molar-refractivity contribution is -0.135. The van der Waals surface area contributed by atoms with Crippen molar-refractivity contribution in [1.29, 1.82) is 0 Å². The minimum atomic E-state index is -0.653. The second-order valence-electron chi connectivity index (χ2n) is 8.62. The van der Waals surface area contributed by atoms with Crippen molar-refractivity contribution in [2.24, 2.45) is 5.41 Å². The number of benzene rings is 1. The smallest absolute Gasteiger partial charge is 0.141 e. The fourth-order valence-corrected chi connectivity index (χ4v) is 5.21. The fourth-order valence-electron chi connectivity index (χ4n) is 4.11. The Morgan fingerprint density at radius 2 is 2.19 bits per heavy atom. The summed E-state index contributed by atoms with van der Waals surface area (Å²) in [4.78, 5) is 18.2. The molecule has 0 fully saturated rings. The van der Waals surface area contributed by atoms with Crippen molar-refractivity contribution in [3.05, 3.63) is 58.9 Å². The van der Waals surface area contributed by atoms with E-state index in [1.807, 2.05) is 33.2 Å². The van der Waals surface area contributed by atoms with Gasteiger partial charge in [0.25, 0.3) is 0 Å². The maximum absolute atomic E-state index is 12.7. The Morgan fingerprint density at radius 3 is 2.94 bits per heavy atom. The lowest BCUT2D eigenvalue weighted by Gasteiger charge is -2.33. The number of ketones is 1. The molecule has 1 aliphatic heterocycles. The molecule has 2 aromatic rings. The van der Waals surface area contributed by atoms with Crippen LogP contribution in [0.15, 0.2) is 41.6 Å². The van der Waals surface area contributed by atoms with E-state index in [9.17, 15) is 4.79 Å². The van der Waals surface area contributed by atoms with Crippen molar-refractivity contribution in [1.82, 2.24) is 9.29 Å². The Morgan fingerprint density at radius 1 is 1.39 bits per heavy atom. The summed E-state index contributed by atoms with van der Waals surface area (Å²) in [5, 5.41) is 0. The van der Waals surface area contributed by atoms with Crippen LogP contribution in [0, 0.1) is 24.7 Å². The summed E-state index contributed by atoms with van der Waals surface area (Å²) < 4.78 is 8.43. The van der Waals surface area contributed by atoms with Crippen LogP contribution in [0.2, 0.25) is 0 Å². The Bertz CT molecular complexity index is 964. The largest absolute Gasteiger partial charge is 0.360 e. The minimum Gasteiger partial charge on any atom is -0.360 e. The van der Waals surface area contributed by atoms with Gasteiger partial charge in [-0.15, -0.1) is 6.42 Å². The van der Waals surface area contributed by atoms with Crippen LogP contribution in [-0.2, 0) is 22.5 Å². The molecule has 1 aromatic carbocycles. The Hall–Kier alpha value is -2.13. The van der Waals surface area contributed by atoms with Crippen molar-refractivity contribution in [3.63, 3.8) is 0 Å². The standard InChI is InChI=1S/C26H32N2O2S/c1-6-15-30-25(26(4,5)24(29)7-2)21-11-10-19(3)22(16-21)18-28-14-8-9-20-12-13-27-17-23(20)31-28/h1,10-13,16-17,25H,7-9,14-15,18H2,2-5H3. The maximum Gasteiger partial charge on any atom is 0.141 e. The average Bonchev–Trinajstić information content (AvgIpc) is 2.97. The van der Waals surface area contributed by atoms with E-state index in [-0.39, 0.29) is 18.5 Å². The number of carbonyl (C=O) groups excluding carboxylic acids is 1. The van der Waals surface area contributed by atoms with Crippen LogP contribution in [-0.4, -0.2) is 28.2 Å². The normalized spacial score (nSPS) is 15.6. The summed E-state index contributed by atoms with van der Waals surface area (Å²) in [6.45, 7) is 9.95. The van der Waals surface area contributed by atoms with Crippen molar-refractivity contribution in [2.75, 3.05) is 13.2 Å². The van der Waals surface area contributed by atoms with E-state index in [2.05, 4.69) is 46.4 Å². The highest BCUT2D eigenvalue weighted by Gasteiger charge is 2.37. The van der Waals surface area contributed by atoms with E-state index in [1.54, 1.807) is 11.9 Å². The third-order valence-electron chi connectivity index (χ3n) is 6.00. The van der Waals surface area contributed by atoms with Crippen molar-refractivity contribution >= 4 is 17.7 Å². The van der Waals surface area contributed by atoms with Gasteiger partial charge in [0, 0.05) is 36.8 Å². The number of fused-ring (bicyclic) bond motifs is 1. The van der Waals surface area contributed by atoms with Crippen LogP contribution in [0.1, 0.15) is 62.0 Å². The van der Waals surface area contributed by atoms with E-state index >= 15 is 0 Å². The molecule has 1 unspecified atom stereocenters. The molecule has 164 valence electrons. The Kier molecular flexibility index (Phi) is 7.94. The van der Waals surface area contributed by atoms with Crippen LogP contribution in [0.3, 0.4) is 0 Å². The van der Waals surface area contributed by atoms with Gasteiger partial charge in [-0.1, -0.05) is 44.9 Å². The number of nitrogens with zero attached hydrogens (tertiary/aromatic N) is 2. The number of carbonyl (C=O) groups is 1. The molecule has 4 nitrogen and oxygen atoms in total. The molecule has 1 atom stereocenters. The van der Waals surface area contributed by atoms with Gasteiger partial charge in [-0.2, -0.15) is 0 Å². The van der Waals surface area contributed by atoms with Gasteiger partial charge in [-0.05, 0) is 60.0 Å². The molecule has 0 aliphatic carbocycles. The first kappa shape index (κ1) is 23.5. The lowest BCUT2D eigenvalue weighted by Crippen LogP contribution is -2.33. The third kappa shape index (κ3) is 5.57. The van der Waals surface area contributed by atoms with Gasteiger partial charge >= 0.3 is 0 Å². The molecule has 0 saturated carbocycles. The molecular weight excluding hydrogens is 404 g/mol. The van der Waals surface area contributed by atoms with Crippen LogP contribution in [0.4, 0.5) is 0 Å². The summed E-state index contributed by atoms with van der Waals surface area (Å²) in [5.74, 6) is 2.72. The first-order chi connectivity index (χ1) is 14.9. The van der Waals surface area contributed by atoms with Crippen LogP contribution in [0.25, 0.3) is 0 Å². The predicted molar refractivity (Wildman–Crippen MR) is 127 cm³/mol. The first-order valence-corrected chi connectivity index (χ1v) is 11.7. The van der Waals surface area contributed by atoms with Gasteiger partial charge in [0.1, 0.15) is 12.4 Å². The Labute approximate surface area is 190 Å². The zero-order chi connectivity index (χ0) is 22.4. The predicted octanol–water partition coefficient (Wildman–Crippen LogP) is 5.54. The molecule has 1 aliphatic rings. The minimum absolute atomic E-state index is 0.170. The summed E-state index contributed by atoms with van der Waals surface area (Å²) in [5.41, 5.74) is 4.20. The fraction of sp³-hybridized carbons (Fsp3) is 0.462. The number of ether oxygens (including phenoxy) is 1. The molecule has 0 saturated heterocycles. The zero-order valence-corrected chi connectivity index (χ0v) is 19.8. The number of terminal acetylenes is 1. The van der Waals surface area contributed by atoms with Gasteiger partial charge in [-0.3, -0.25) is 9.78 Å². The van der Waals surface area contributed by atoms with E-state index < -0.39 is 5.41 Å². The summed E-state index contributed by atoms with van der Waals surface area (Å²) in [6, 6.07) is 8.51. The summed E-state index contributed by atoms with van der Waals surface area (Å²) >= 11 is 1.78. The molecule has 0 radical (unpaired) electrons. The van der Waals surface area contributed by atoms with E-state index in [1.165, 1.54) is 21.6 Å². The van der Waals surface area contributed by atoms with E-state index in [0.717, 1.165) is 31.5 Å². The van der Waals surface area contributed by atoms with Gasteiger partial charge in [0.05, 0.1) is 11.5 Å². The molecular formula is C26H32N2O2S. The third-order valence-corrected chi connectivity index (χ3v) is 7.14. The quantitative estimate of drug-likeness (QED) is 0.401. The van der Waals surface area contributed by atoms with E-state index in [4.69, 9.17) is 11.2 Å². The number of hydrogen-bond acceptors (Lipinski definition) is 5. The van der Waals surface area contributed by atoms with Gasteiger partial charge in [0.15, 0.2) is 0 Å². The zero-order valence-electron chi connectivity index (χ0n) is 19.0. The second kappa shape index (κ2) is 10.5. The molecule has 0 spiro atoms. The topological polar surface area (TPSA) is 42.4 Å². The number of Topliss-reactive ketones (excluding diaryl/α,β-unsaturated/α-hetero) is 1. The average molecular weight is 437 g/mol. The molecule has 0 N–H and O–H groups in total. The van der Waals surface area contributed by atoms with Gasteiger partial charge in [-0.25, -0.2) is 4.31 Å². The van der Waals surface area contributed by atoms with Crippen molar-refractivity contribution in [2.45, 2.75) is 64.5 Å². The van der Waals surface area contributed by atoms with Crippen LogP contribution in [0.5, 0.6) is 0 Å². The molecule has 0 bridgehead atoms. The van der Waals surface area contributed by atoms with Gasteiger partial charge in [0.2, 0.25) is 0 Å². The highest BCUT2D eigenvalue weighted by Crippen LogP contribution is 2.39. The molecule has 5 heteroatoms. The van der Waals surface area contributed by atoms with Gasteiger partial charge < -0.3 is 4.74 Å². The number of pyridine rings is 1. The van der Waals surface area contributed by atoms with E-state index in [0.29, 0.717) is 6.42 Å². The SMILES string of the molecule is C#CCOC(c1ccc(C)c(CN2CCCc3ccncc3S2)c1)C(C)(C)C(=O)CC.